The number of nitrogens with one attached hydrogen (secondary N) is 1. The summed E-state index contributed by atoms with van der Waals surface area (Å²) in [5, 5.41) is 20.2. The zero-order valence-corrected chi connectivity index (χ0v) is 13.5. The van der Waals surface area contributed by atoms with Gasteiger partial charge < -0.3 is 21.1 Å². The number of rotatable bonds is 4. The topological polar surface area (TPSA) is 128 Å². The third-order valence-electron chi connectivity index (χ3n) is 4.17. The second kappa shape index (κ2) is 7.05. The van der Waals surface area contributed by atoms with Crippen LogP contribution in [-0.2, 0) is 0 Å². The van der Waals surface area contributed by atoms with Gasteiger partial charge >= 0.3 is 6.09 Å². The Kier molecular flexibility index (Phi) is 4.66. The average Bonchev–Trinajstić information content (AvgIpc) is 3.08. The van der Waals surface area contributed by atoms with Crippen molar-refractivity contribution in [2.75, 3.05) is 30.3 Å². The molecule has 1 unspecified atom stereocenters. The summed E-state index contributed by atoms with van der Waals surface area (Å²) in [5.41, 5.74) is 7.88. The normalized spacial score (nSPS) is 16.4. The van der Waals surface area contributed by atoms with E-state index >= 15 is 0 Å². The number of carboxylic acid groups (broad SMARTS) is 1. The summed E-state index contributed by atoms with van der Waals surface area (Å²) in [6.45, 7) is 1.90. The minimum atomic E-state index is -1.01. The fourth-order valence-corrected chi connectivity index (χ4v) is 2.95. The van der Waals surface area contributed by atoms with Crippen molar-refractivity contribution in [1.29, 1.82) is 5.26 Å². The molecular formula is C17H18N6O2. The summed E-state index contributed by atoms with van der Waals surface area (Å²) in [6.07, 6.45) is -0.131. The molecular weight excluding hydrogens is 320 g/mol. The fourth-order valence-electron chi connectivity index (χ4n) is 2.95. The lowest BCUT2D eigenvalue weighted by molar-refractivity contribution is 0.192. The molecule has 25 heavy (non-hydrogen) atoms. The Hall–Kier alpha value is -3.34. The Morgan fingerprint density at radius 3 is 3.04 bits per heavy atom. The van der Waals surface area contributed by atoms with E-state index in [0.29, 0.717) is 30.2 Å². The molecule has 0 aliphatic carbocycles. The molecule has 1 aromatic carbocycles. The van der Waals surface area contributed by atoms with Gasteiger partial charge in [-0.1, -0.05) is 12.1 Å². The zero-order chi connectivity index (χ0) is 17.8. The molecule has 8 heteroatoms. The van der Waals surface area contributed by atoms with Crippen LogP contribution in [0.4, 0.5) is 16.6 Å². The molecule has 8 nitrogen and oxygen atoms in total. The lowest BCUT2D eigenvalue weighted by atomic mass is 10.1. The van der Waals surface area contributed by atoms with Crippen molar-refractivity contribution in [3.05, 3.63) is 35.9 Å². The average molecular weight is 338 g/mol. The summed E-state index contributed by atoms with van der Waals surface area (Å²) < 4.78 is 0. The van der Waals surface area contributed by atoms with E-state index in [1.807, 2.05) is 12.1 Å². The van der Waals surface area contributed by atoms with Crippen LogP contribution in [0.5, 0.6) is 0 Å². The lowest BCUT2D eigenvalue weighted by Gasteiger charge is -2.18. The van der Waals surface area contributed by atoms with Gasteiger partial charge in [-0.15, -0.1) is 0 Å². The number of nitrogen functional groups attached to an aromatic ring is 1. The number of anilines is 2. The van der Waals surface area contributed by atoms with E-state index in [4.69, 9.17) is 16.1 Å². The number of aromatic nitrogens is 2. The molecule has 1 fully saturated rings. The molecule has 1 saturated heterocycles. The molecule has 0 radical (unpaired) electrons. The van der Waals surface area contributed by atoms with Gasteiger partial charge in [0.1, 0.15) is 5.82 Å². The van der Waals surface area contributed by atoms with Crippen LogP contribution >= 0.6 is 0 Å². The minimum Gasteiger partial charge on any atom is -0.465 e. The van der Waals surface area contributed by atoms with Crippen molar-refractivity contribution < 1.29 is 9.90 Å². The van der Waals surface area contributed by atoms with E-state index in [1.54, 1.807) is 18.2 Å². The Balaban J connectivity index is 1.80. The van der Waals surface area contributed by atoms with Gasteiger partial charge in [-0.25, -0.2) is 9.78 Å². The number of carbonyl (C=O) groups is 1. The molecule has 128 valence electrons. The maximum absolute atomic E-state index is 10.6. The van der Waals surface area contributed by atoms with Crippen molar-refractivity contribution in [2.45, 2.75) is 6.42 Å². The Morgan fingerprint density at radius 1 is 1.44 bits per heavy atom. The van der Waals surface area contributed by atoms with Gasteiger partial charge in [0.15, 0.2) is 0 Å². The standard InChI is InChI=1S/C17H18N6O2/c18-8-11-2-1-3-13(6-11)14-7-15(22-16(19)21-14)23-5-4-12(10-23)9-20-17(24)25/h1-3,6-7,12,20H,4-5,9-10H2,(H,24,25)(H2,19,21,22). The van der Waals surface area contributed by atoms with Gasteiger partial charge in [0.05, 0.1) is 17.3 Å². The van der Waals surface area contributed by atoms with Crippen LogP contribution < -0.4 is 16.0 Å². The third kappa shape index (κ3) is 3.95. The number of hydrogen-bond acceptors (Lipinski definition) is 6. The number of nitriles is 1. The highest BCUT2D eigenvalue weighted by atomic mass is 16.4. The van der Waals surface area contributed by atoms with E-state index in [1.165, 1.54) is 0 Å². The minimum absolute atomic E-state index is 0.168. The molecule has 2 heterocycles. The highest BCUT2D eigenvalue weighted by molar-refractivity contribution is 5.66. The van der Waals surface area contributed by atoms with Crippen molar-refractivity contribution in [2.24, 2.45) is 5.92 Å². The molecule has 1 aliphatic rings. The summed E-state index contributed by atoms with van der Waals surface area (Å²) in [4.78, 5) is 21.3. The van der Waals surface area contributed by atoms with Gasteiger partial charge in [-0.2, -0.15) is 10.2 Å². The Bertz CT molecular complexity index is 832. The molecule has 1 atom stereocenters. The highest BCUT2D eigenvalue weighted by Crippen LogP contribution is 2.27. The van der Waals surface area contributed by atoms with E-state index in [-0.39, 0.29) is 11.9 Å². The predicted molar refractivity (Wildman–Crippen MR) is 92.9 cm³/mol. The lowest BCUT2D eigenvalue weighted by Crippen LogP contribution is -2.30. The number of nitrogens with two attached hydrogens (primary N) is 1. The van der Waals surface area contributed by atoms with Crippen LogP contribution in [0.25, 0.3) is 11.3 Å². The smallest absolute Gasteiger partial charge is 0.404 e. The van der Waals surface area contributed by atoms with Crippen molar-refractivity contribution in [3.8, 4) is 17.3 Å². The van der Waals surface area contributed by atoms with E-state index in [9.17, 15) is 4.79 Å². The van der Waals surface area contributed by atoms with Gasteiger partial charge in [0.25, 0.3) is 0 Å². The van der Waals surface area contributed by atoms with E-state index < -0.39 is 6.09 Å². The van der Waals surface area contributed by atoms with Crippen LogP contribution in [0.15, 0.2) is 30.3 Å². The summed E-state index contributed by atoms with van der Waals surface area (Å²) >= 11 is 0. The van der Waals surface area contributed by atoms with Crippen LogP contribution in [0.2, 0.25) is 0 Å². The highest BCUT2D eigenvalue weighted by Gasteiger charge is 2.24. The Morgan fingerprint density at radius 2 is 2.28 bits per heavy atom. The molecule has 2 aromatic rings. The fraction of sp³-hybridized carbons (Fsp3) is 0.294. The molecule has 0 spiro atoms. The first-order valence-electron chi connectivity index (χ1n) is 7.92. The largest absolute Gasteiger partial charge is 0.465 e. The number of nitrogens with zero attached hydrogens (tertiary/aromatic N) is 4. The third-order valence-corrected chi connectivity index (χ3v) is 4.17. The van der Waals surface area contributed by atoms with Crippen molar-refractivity contribution in [1.82, 2.24) is 15.3 Å². The summed E-state index contributed by atoms with van der Waals surface area (Å²) in [5.74, 6) is 1.11. The molecule has 3 rings (SSSR count). The van der Waals surface area contributed by atoms with E-state index in [0.717, 1.165) is 18.5 Å². The molecule has 0 saturated carbocycles. The van der Waals surface area contributed by atoms with Crippen molar-refractivity contribution in [3.63, 3.8) is 0 Å². The quantitative estimate of drug-likeness (QED) is 0.773. The number of hydrogen-bond donors (Lipinski definition) is 3. The summed E-state index contributed by atoms with van der Waals surface area (Å²) in [7, 11) is 0. The molecule has 4 N–H and O–H groups in total. The van der Waals surface area contributed by atoms with Crippen LogP contribution in [0.3, 0.4) is 0 Å². The predicted octanol–water partition coefficient (Wildman–Crippen LogP) is 1.69. The van der Waals surface area contributed by atoms with Gasteiger partial charge in [0, 0.05) is 31.3 Å². The monoisotopic (exact) mass is 338 g/mol. The SMILES string of the molecule is N#Cc1cccc(-c2cc(N3CCC(CNC(=O)O)C3)nc(N)n2)c1. The van der Waals surface area contributed by atoms with Crippen molar-refractivity contribution >= 4 is 17.9 Å². The first-order chi connectivity index (χ1) is 12.0. The Labute approximate surface area is 144 Å². The zero-order valence-electron chi connectivity index (χ0n) is 13.5. The van der Waals surface area contributed by atoms with Crippen LogP contribution in [0, 0.1) is 17.2 Å². The number of benzene rings is 1. The molecule has 1 amide bonds. The second-order valence-corrected chi connectivity index (χ2v) is 5.95. The van der Waals surface area contributed by atoms with Crippen LogP contribution in [-0.4, -0.2) is 40.8 Å². The van der Waals surface area contributed by atoms with Gasteiger partial charge in [-0.05, 0) is 24.5 Å². The van der Waals surface area contributed by atoms with Crippen LogP contribution in [0.1, 0.15) is 12.0 Å². The van der Waals surface area contributed by atoms with E-state index in [2.05, 4.69) is 26.3 Å². The number of amides is 1. The van der Waals surface area contributed by atoms with Gasteiger partial charge in [-0.3, -0.25) is 0 Å². The molecule has 0 bridgehead atoms. The first-order valence-corrected chi connectivity index (χ1v) is 7.92. The molecule has 1 aromatic heterocycles. The second-order valence-electron chi connectivity index (χ2n) is 5.95. The maximum atomic E-state index is 10.6. The van der Waals surface area contributed by atoms with Gasteiger partial charge in [0.2, 0.25) is 5.95 Å². The maximum Gasteiger partial charge on any atom is 0.404 e. The first kappa shape index (κ1) is 16.5. The molecule has 1 aliphatic heterocycles. The summed E-state index contributed by atoms with van der Waals surface area (Å²) in [6, 6.07) is 11.1.